The maximum absolute atomic E-state index is 2.43. The van der Waals surface area contributed by atoms with E-state index in [1.54, 1.807) is 0 Å². The van der Waals surface area contributed by atoms with Crippen LogP contribution in [-0.2, 0) is 0 Å². The molecule has 0 spiro atoms. The zero-order chi connectivity index (χ0) is 26.2. The molecule has 0 unspecified atom stereocenters. The number of hydrogen-bond donors (Lipinski definition) is 0. The third kappa shape index (κ3) is 2.88. The van der Waals surface area contributed by atoms with E-state index in [1.165, 1.54) is 76.5 Å². The third-order valence-electron chi connectivity index (χ3n) is 8.45. The summed E-state index contributed by atoms with van der Waals surface area (Å²) in [5.41, 5.74) is 7.35. The van der Waals surface area contributed by atoms with Crippen LogP contribution in [-0.4, -0.2) is 9.13 Å². The molecule has 0 aliphatic heterocycles. The quantitative estimate of drug-likeness (QED) is 0.206. The molecule has 0 radical (unpaired) electrons. The zero-order valence-corrected chi connectivity index (χ0v) is 21.8. The van der Waals surface area contributed by atoms with Gasteiger partial charge in [0.2, 0.25) is 0 Å². The van der Waals surface area contributed by atoms with E-state index in [9.17, 15) is 0 Å². The molecule has 0 aliphatic rings. The van der Waals surface area contributed by atoms with Crippen molar-refractivity contribution in [3.63, 3.8) is 0 Å². The first kappa shape index (κ1) is 21.6. The molecule has 2 nitrogen and oxygen atoms in total. The largest absolute Gasteiger partial charge is 0.309 e. The fourth-order valence-electron chi connectivity index (χ4n) is 6.75. The lowest BCUT2D eigenvalue weighted by molar-refractivity contribution is 1.19. The topological polar surface area (TPSA) is 9.86 Å². The van der Waals surface area contributed by atoms with E-state index < -0.39 is 0 Å². The van der Waals surface area contributed by atoms with Gasteiger partial charge < -0.3 is 9.13 Å². The number of benzene rings is 7. The average molecular weight is 509 g/mol. The van der Waals surface area contributed by atoms with E-state index in [0.29, 0.717) is 0 Å². The van der Waals surface area contributed by atoms with Gasteiger partial charge in [-0.1, -0.05) is 97.1 Å². The molecule has 0 amide bonds. The summed E-state index contributed by atoms with van der Waals surface area (Å²) in [5, 5.41) is 10.2. The van der Waals surface area contributed by atoms with Gasteiger partial charge in [0, 0.05) is 43.7 Å². The molecule has 0 N–H and O–H groups in total. The molecule has 0 saturated carbocycles. The Labute approximate surface area is 230 Å². The highest BCUT2D eigenvalue weighted by atomic mass is 15.0. The second-order valence-corrected chi connectivity index (χ2v) is 10.6. The van der Waals surface area contributed by atoms with E-state index in [2.05, 4.69) is 155 Å². The molecule has 40 heavy (non-hydrogen) atoms. The predicted octanol–water partition coefficient (Wildman–Crippen LogP) is 10.2. The fraction of sp³-hybridized carbons (Fsp3) is 0. The van der Waals surface area contributed by atoms with Crippen LogP contribution in [0.25, 0.3) is 76.5 Å². The lowest BCUT2D eigenvalue weighted by Crippen LogP contribution is -1.95. The van der Waals surface area contributed by atoms with Crippen LogP contribution in [0.3, 0.4) is 0 Å². The molecule has 2 heteroatoms. The Morgan fingerprint density at radius 1 is 0.300 bits per heavy atom. The van der Waals surface area contributed by atoms with Gasteiger partial charge in [0.05, 0.1) is 22.1 Å². The summed E-state index contributed by atoms with van der Waals surface area (Å²) in [6.45, 7) is 0. The Morgan fingerprint density at radius 3 is 1.15 bits per heavy atom. The summed E-state index contributed by atoms with van der Waals surface area (Å²) >= 11 is 0. The molecular weight excluding hydrogens is 484 g/mol. The monoisotopic (exact) mass is 508 g/mol. The molecule has 9 aromatic rings. The van der Waals surface area contributed by atoms with Crippen molar-refractivity contribution < 1.29 is 0 Å². The molecule has 2 heterocycles. The number of aromatic nitrogens is 2. The van der Waals surface area contributed by atoms with Gasteiger partial charge in [-0.2, -0.15) is 0 Å². The van der Waals surface area contributed by atoms with Crippen LogP contribution in [0.15, 0.2) is 146 Å². The van der Waals surface area contributed by atoms with Crippen LogP contribution >= 0.6 is 0 Å². The van der Waals surface area contributed by atoms with Crippen LogP contribution in [0.5, 0.6) is 0 Å². The van der Waals surface area contributed by atoms with Crippen molar-refractivity contribution in [3.8, 4) is 11.4 Å². The first-order chi connectivity index (χ1) is 19.9. The SMILES string of the molecule is c1ccc(-n2c3ccccc3c3ccc4cc5c(ccc6c7ccccc7n(-c7ccccc7)c56)cc4c32)cc1. The van der Waals surface area contributed by atoms with Gasteiger partial charge in [-0.25, -0.2) is 0 Å². The Bertz CT molecular complexity index is 2240. The predicted molar refractivity (Wildman–Crippen MR) is 170 cm³/mol. The molecule has 0 bridgehead atoms. The first-order valence-electron chi connectivity index (χ1n) is 13.8. The molecule has 9 rings (SSSR count). The molecule has 0 aliphatic carbocycles. The van der Waals surface area contributed by atoms with Crippen molar-refractivity contribution in [2.45, 2.75) is 0 Å². The zero-order valence-electron chi connectivity index (χ0n) is 21.8. The van der Waals surface area contributed by atoms with Crippen molar-refractivity contribution in [2.24, 2.45) is 0 Å². The molecule has 0 atom stereocenters. The van der Waals surface area contributed by atoms with Crippen LogP contribution in [0, 0.1) is 0 Å². The summed E-state index contributed by atoms with van der Waals surface area (Å²) in [4.78, 5) is 0. The van der Waals surface area contributed by atoms with Crippen molar-refractivity contribution >= 4 is 65.2 Å². The van der Waals surface area contributed by atoms with Gasteiger partial charge in [-0.05, 0) is 59.3 Å². The summed E-state index contributed by atoms with van der Waals surface area (Å²) in [7, 11) is 0. The Kier molecular flexibility index (Phi) is 4.36. The maximum Gasteiger partial charge on any atom is 0.0619 e. The van der Waals surface area contributed by atoms with E-state index in [0.717, 1.165) is 0 Å². The molecular formula is C38H24N2. The van der Waals surface area contributed by atoms with Crippen molar-refractivity contribution in [1.29, 1.82) is 0 Å². The summed E-state index contributed by atoms with van der Waals surface area (Å²) in [5.74, 6) is 0. The van der Waals surface area contributed by atoms with Crippen LogP contribution in [0.1, 0.15) is 0 Å². The van der Waals surface area contributed by atoms with E-state index in [-0.39, 0.29) is 0 Å². The number of hydrogen-bond acceptors (Lipinski definition) is 0. The van der Waals surface area contributed by atoms with Gasteiger partial charge in [-0.3, -0.25) is 0 Å². The van der Waals surface area contributed by atoms with Crippen LogP contribution in [0.4, 0.5) is 0 Å². The summed E-state index contributed by atoms with van der Waals surface area (Å²) in [6.07, 6.45) is 0. The highest BCUT2D eigenvalue weighted by Gasteiger charge is 2.18. The number of fused-ring (bicyclic) bond motifs is 10. The molecule has 0 fully saturated rings. The normalized spacial score (nSPS) is 12.0. The van der Waals surface area contributed by atoms with Crippen molar-refractivity contribution in [3.05, 3.63) is 146 Å². The fourth-order valence-corrected chi connectivity index (χ4v) is 6.75. The van der Waals surface area contributed by atoms with Gasteiger partial charge in [0.15, 0.2) is 0 Å². The molecule has 7 aromatic carbocycles. The lowest BCUT2D eigenvalue weighted by atomic mass is 9.99. The Balaban J connectivity index is 1.46. The maximum atomic E-state index is 2.43. The van der Waals surface area contributed by atoms with E-state index in [4.69, 9.17) is 0 Å². The van der Waals surface area contributed by atoms with Crippen LogP contribution < -0.4 is 0 Å². The summed E-state index contributed by atoms with van der Waals surface area (Å²) < 4.78 is 4.86. The Hall–Kier alpha value is -5.34. The second kappa shape index (κ2) is 8.08. The smallest absolute Gasteiger partial charge is 0.0619 e. The minimum absolute atomic E-state index is 1.18. The molecule has 186 valence electrons. The van der Waals surface area contributed by atoms with E-state index in [1.807, 2.05) is 0 Å². The van der Waals surface area contributed by atoms with Gasteiger partial charge in [0.25, 0.3) is 0 Å². The van der Waals surface area contributed by atoms with Gasteiger partial charge >= 0.3 is 0 Å². The van der Waals surface area contributed by atoms with E-state index >= 15 is 0 Å². The standard InChI is InChI=1S/C38H24N2/c1-3-11-27(12-4-1)39-35-17-9-7-15-29(35)31-21-19-25-24-34-26(23-33(25)37(31)39)20-22-32-30-16-8-10-18-36(30)40(38(32)34)28-13-5-2-6-14-28/h1-24H. The summed E-state index contributed by atoms with van der Waals surface area (Å²) in [6, 6.07) is 53.0. The van der Waals surface area contributed by atoms with Crippen molar-refractivity contribution in [1.82, 2.24) is 9.13 Å². The van der Waals surface area contributed by atoms with Crippen molar-refractivity contribution in [2.75, 3.05) is 0 Å². The molecule has 0 saturated heterocycles. The number of nitrogens with zero attached hydrogens (tertiary/aromatic N) is 2. The third-order valence-corrected chi connectivity index (χ3v) is 8.45. The first-order valence-corrected chi connectivity index (χ1v) is 13.8. The highest BCUT2D eigenvalue weighted by molar-refractivity contribution is 6.24. The molecule has 2 aromatic heterocycles. The number of rotatable bonds is 2. The average Bonchev–Trinajstić information content (AvgIpc) is 3.55. The van der Waals surface area contributed by atoms with Crippen LogP contribution in [0.2, 0.25) is 0 Å². The lowest BCUT2D eigenvalue weighted by Gasteiger charge is -2.13. The van der Waals surface area contributed by atoms with Gasteiger partial charge in [0.1, 0.15) is 0 Å². The minimum atomic E-state index is 1.18. The Morgan fingerprint density at radius 2 is 0.700 bits per heavy atom. The number of para-hydroxylation sites is 4. The highest BCUT2D eigenvalue weighted by Crippen LogP contribution is 2.41. The minimum Gasteiger partial charge on any atom is -0.309 e. The van der Waals surface area contributed by atoms with Gasteiger partial charge in [-0.15, -0.1) is 0 Å². The second-order valence-electron chi connectivity index (χ2n) is 10.6.